The van der Waals surface area contributed by atoms with Crippen molar-refractivity contribution in [1.82, 2.24) is 0 Å². The number of benzene rings is 2. The molecule has 0 saturated carbocycles. The summed E-state index contributed by atoms with van der Waals surface area (Å²) in [6.45, 7) is 1.99. The van der Waals surface area contributed by atoms with Crippen molar-refractivity contribution in [3.63, 3.8) is 0 Å². The van der Waals surface area contributed by atoms with Crippen LogP contribution in [-0.2, 0) is 10.0 Å². The third-order valence-corrected chi connectivity index (χ3v) is 5.59. The summed E-state index contributed by atoms with van der Waals surface area (Å²) in [7, 11) is -3.82. The summed E-state index contributed by atoms with van der Waals surface area (Å²) in [5.41, 5.74) is 0.493. The number of anilines is 1. The van der Waals surface area contributed by atoms with Gasteiger partial charge in [-0.15, -0.1) is 11.8 Å². The standard InChI is InChI=1S/C14H13BrFNO2S2/c1-2-20-14-6-4-3-5-13(14)17-21(18,19)10-7-8-11(15)12(16)9-10/h3-9,17H,2H2,1H3. The summed E-state index contributed by atoms with van der Waals surface area (Å²) in [6, 6.07) is 10.8. The minimum atomic E-state index is -3.82. The number of nitrogens with one attached hydrogen (secondary N) is 1. The number of halogens is 2. The third kappa shape index (κ3) is 3.99. The van der Waals surface area contributed by atoms with Crippen molar-refractivity contribution in [2.24, 2.45) is 0 Å². The smallest absolute Gasteiger partial charge is 0.262 e. The van der Waals surface area contributed by atoms with E-state index < -0.39 is 15.8 Å². The molecule has 112 valence electrons. The maximum absolute atomic E-state index is 13.5. The lowest BCUT2D eigenvalue weighted by Crippen LogP contribution is -2.13. The van der Waals surface area contributed by atoms with Crippen LogP contribution in [-0.4, -0.2) is 14.2 Å². The number of hydrogen-bond donors (Lipinski definition) is 1. The Bertz CT molecular complexity index is 750. The number of thioether (sulfide) groups is 1. The van der Waals surface area contributed by atoms with Crippen molar-refractivity contribution >= 4 is 43.4 Å². The molecular formula is C14H13BrFNO2S2. The Morgan fingerprint density at radius 3 is 2.62 bits per heavy atom. The van der Waals surface area contributed by atoms with Crippen molar-refractivity contribution in [1.29, 1.82) is 0 Å². The van der Waals surface area contributed by atoms with Gasteiger partial charge in [-0.2, -0.15) is 0 Å². The number of para-hydroxylation sites is 1. The summed E-state index contributed by atoms with van der Waals surface area (Å²) in [5, 5.41) is 0. The lowest BCUT2D eigenvalue weighted by Gasteiger charge is -2.12. The molecule has 0 radical (unpaired) electrons. The average Bonchev–Trinajstić information content (AvgIpc) is 2.44. The van der Waals surface area contributed by atoms with Crippen LogP contribution in [0.5, 0.6) is 0 Å². The molecule has 0 bridgehead atoms. The molecule has 0 fully saturated rings. The lowest BCUT2D eigenvalue weighted by molar-refractivity contribution is 0.593. The van der Waals surface area contributed by atoms with Crippen molar-refractivity contribution in [3.8, 4) is 0 Å². The van der Waals surface area contributed by atoms with E-state index in [0.29, 0.717) is 5.69 Å². The highest BCUT2D eigenvalue weighted by molar-refractivity contribution is 9.10. The van der Waals surface area contributed by atoms with Gasteiger partial charge in [-0.3, -0.25) is 4.72 Å². The molecule has 0 unspecified atom stereocenters. The highest BCUT2D eigenvalue weighted by Crippen LogP contribution is 2.29. The van der Waals surface area contributed by atoms with E-state index >= 15 is 0 Å². The number of sulfonamides is 1. The van der Waals surface area contributed by atoms with Crippen molar-refractivity contribution in [3.05, 3.63) is 52.8 Å². The molecule has 2 rings (SSSR count). The maximum atomic E-state index is 13.5. The van der Waals surface area contributed by atoms with Crippen molar-refractivity contribution in [2.45, 2.75) is 16.7 Å². The molecule has 0 aliphatic rings. The number of hydrogen-bond acceptors (Lipinski definition) is 3. The molecule has 0 spiro atoms. The van der Waals surface area contributed by atoms with Crippen molar-refractivity contribution in [2.75, 3.05) is 10.5 Å². The van der Waals surface area contributed by atoms with Crippen LogP contribution in [0, 0.1) is 5.82 Å². The fraction of sp³-hybridized carbons (Fsp3) is 0.143. The summed E-state index contributed by atoms with van der Waals surface area (Å²) >= 11 is 4.54. The second-order valence-corrected chi connectivity index (χ2v) is 7.95. The van der Waals surface area contributed by atoms with Gasteiger partial charge < -0.3 is 0 Å². The summed E-state index contributed by atoms with van der Waals surface area (Å²) in [6.07, 6.45) is 0. The van der Waals surface area contributed by atoms with E-state index in [1.165, 1.54) is 23.9 Å². The van der Waals surface area contributed by atoms with Crippen LogP contribution >= 0.6 is 27.7 Å². The van der Waals surface area contributed by atoms with Crippen LogP contribution in [0.3, 0.4) is 0 Å². The molecule has 21 heavy (non-hydrogen) atoms. The van der Waals surface area contributed by atoms with E-state index in [9.17, 15) is 12.8 Å². The second-order valence-electron chi connectivity index (χ2n) is 4.11. The normalized spacial score (nSPS) is 11.4. The van der Waals surface area contributed by atoms with Gasteiger partial charge in [0.05, 0.1) is 15.1 Å². The molecule has 0 saturated heterocycles. The highest BCUT2D eigenvalue weighted by Gasteiger charge is 2.17. The molecular weight excluding hydrogens is 377 g/mol. The van der Waals surface area contributed by atoms with E-state index in [1.807, 2.05) is 19.1 Å². The minimum Gasteiger partial charge on any atom is -0.278 e. The Morgan fingerprint density at radius 1 is 1.24 bits per heavy atom. The fourth-order valence-corrected chi connectivity index (χ4v) is 3.84. The van der Waals surface area contributed by atoms with Crippen LogP contribution in [0.4, 0.5) is 10.1 Å². The summed E-state index contributed by atoms with van der Waals surface area (Å²) in [4.78, 5) is 0.723. The van der Waals surface area contributed by atoms with E-state index in [0.717, 1.165) is 16.7 Å². The van der Waals surface area contributed by atoms with Gasteiger partial charge in [0.15, 0.2) is 0 Å². The predicted molar refractivity (Wildman–Crippen MR) is 87.7 cm³/mol. The van der Waals surface area contributed by atoms with Crippen LogP contribution in [0.2, 0.25) is 0 Å². The monoisotopic (exact) mass is 389 g/mol. The van der Waals surface area contributed by atoms with Crippen LogP contribution in [0.25, 0.3) is 0 Å². The van der Waals surface area contributed by atoms with Gasteiger partial charge in [0.2, 0.25) is 0 Å². The Kier molecular flexibility index (Phi) is 5.29. The molecule has 2 aromatic carbocycles. The van der Waals surface area contributed by atoms with E-state index in [1.54, 1.807) is 12.1 Å². The minimum absolute atomic E-state index is 0.112. The molecule has 0 amide bonds. The molecule has 0 heterocycles. The quantitative estimate of drug-likeness (QED) is 0.765. The Balaban J connectivity index is 2.35. The zero-order valence-electron chi connectivity index (χ0n) is 11.1. The molecule has 0 atom stereocenters. The average molecular weight is 390 g/mol. The molecule has 0 aromatic heterocycles. The lowest BCUT2D eigenvalue weighted by atomic mass is 10.3. The SMILES string of the molecule is CCSc1ccccc1NS(=O)(=O)c1ccc(Br)c(F)c1. The first-order valence-corrected chi connectivity index (χ1v) is 9.40. The Hall–Kier alpha value is -1.05. The van der Waals surface area contributed by atoms with E-state index in [2.05, 4.69) is 20.7 Å². The van der Waals surface area contributed by atoms with Gasteiger partial charge in [-0.25, -0.2) is 12.8 Å². The zero-order chi connectivity index (χ0) is 15.5. The van der Waals surface area contributed by atoms with Gasteiger partial charge in [0.1, 0.15) is 5.82 Å². The first-order valence-electron chi connectivity index (χ1n) is 6.13. The van der Waals surface area contributed by atoms with Crippen LogP contribution < -0.4 is 4.72 Å². The number of rotatable bonds is 5. The molecule has 0 aliphatic carbocycles. The van der Waals surface area contributed by atoms with Gasteiger partial charge in [-0.05, 0) is 52.0 Å². The first kappa shape index (κ1) is 16.3. The molecule has 0 aliphatic heterocycles. The highest BCUT2D eigenvalue weighted by atomic mass is 79.9. The van der Waals surface area contributed by atoms with Crippen LogP contribution in [0.15, 0.2) is 56.7 Å². The van der Waals surface area contributed by atoms with Gasteiger partial charge in [0.25, 0.3) is 10.0 Å². The van der Waals surface area contributed by atoms with Gasteiger partial charge in [-0.1, -0.05) is 19.1 Å². The molecule has 3 nitrogen and oxygen atoms in total. The van der Waals surface area contributed by atoms with Crippen molar-refractivity contribution < 1.29 is 12.8 Å². The summed E-state index contributed by atoms with van der Waals surface area (Å²) < 4.78 is 40.9. The third-order valence-electron chi connectivity index (χ3n) is 2.63. The van der Waals surface area contributed by atoms with Gasteiger partial charge >= 0.3 is 0 Å². The largest absolute Gasteiger partial charge is 0.278 e. The molecule has 7 heteroatoms. The first-order chi connectivity index (χ1) is 9.94. The van der Waals surface area contributed by atoms with Gasteiger partial charge in [0, 0.05) is 4.90 Å². The summed E-state index contributed by atoms with van der Waals surface area (Å²) in [5.74, 6) is 0.208. The molecule has 2 aromatic rings. The Labute approximate surface area is 136 Å². The van der Waals surface area contributed by atoms with E-state index in [4.69, 9.17) is 0 Å². The second kappa shape index (κ2) is 6.81. The maximum Gasteiger partial charge on any atom is 0.262 e. The molecule has 1 N–H and O–H groups in total. The topological polar surface area (TPSA) is 46.2 Å². The zero-order valence-corrected chi connectivity index (χ0v) is 14.4. The fourth-order valence-electron chi connectivity index (χ4n) is 1.68. The van der Waals surface area contributed by atoms with Crippen LogP contribution in [0.1, 0.15) is 6.92 Å². The Morgan fingerprint density at radius 2 is 1.95 bits per heavy atom. The predicted octanol–water partition coefficient (Wildman–Crippen LogP) is 4.50. The van der Waals surface area contributed by atoms with E-state index in [-0.39, 0.29) is 9.37 Å².